The molecule has 3 nitrogen and oxygen atoms in total. The number of benzene rings is 1. The van der Waals surface area contributed by atoms with Crippen molar-refractivity contribution in [3.63, 3.8) is 0 Å². The van der Waals surface area contributed by atoms with Crippen molar-refractivity contribution in [1.82, 2.24) is 9.55 Å². The number of aryl methyl sites for hydroxylation is 1. The van der Waals surface area contributed by atoms with E-state index in [0.29, 0.717) is 30.2 Å². The van der Waals surface area contributed by atoms with E-state index in [0.717, 1.165) is 6.07 Å². The van der Waals surface area contributed by atoms with Gasteiger partial charge in [-0.15, -0.1) is 11.6 Å². The van der Waals surface area contributed by atoms with Crippen LogP contribution < -0.4 is 0 Å². The second-order valence-electron chi connectivity index (χ2n) is 5.27. The molecular formula is C14H17ClF2N2O. The van der Waals surface area contributed by atoms with Crippen LogP contribution in [0.3, 0.4) is 0 Å². The third kappa shape index (κ3) is 2.94. The average Bonchev–Trinajstić information content (AvgIpc) is 2.69. The Morgan fingerprint density at radius 2 is 2.05 bits per heavy atom. The number of alkyl halides is 1. The fraction of sp³-hybridized carbons (Fsp3) is 0.500. The average molecular weight is 303 g/mol. The zero-order valence-corrected chi connectivity index (χ0v) is 12.5. The third-order valence-corrected chi connectivity index (χ3v) is 3.45. The van der Waals surface area contributed by atoms with Crippen molar-refractivity contribution in [3.05, 3.63) is 29.6 Å². The number of nitrogens with zero attached hydrogens (tertiary/aromatic N) is 2. The van der Waals surface area contributed by atoms with E-state index in [9.17, 15) is 8.78 Å². The molecule has 0 bridgehead atoms. The monoisotopic (exact) mass is 302 g/mol. The summed E-state index contributed by atoms with van der Waals surface area (Å²) in [6, 6.07) is 2.13. The summed E-state index contributed by atoms with van der Waals surface area (Å²) in [7, 11) is 1.60. The number of imidazole rings is 1. The smallest absolute Gasteiger partial charge is 0.153 e. The largest absolute Gasteiger partial charge is 0.377 e. The molecule has 1 heterocycles. The van der Waals surface area contributed by atoms with Gasteiger partial charge in [-0.3, -0.25) is 0 Å². The predicted octanol–water partition coefficient (Wildman–Crippen LogP) is 3.52. The standard InChI is InChI=1S/C14H17ClF2N2O/c1-14(2,20-3)8-19-11-7-9(16)6-10(17)13(11)18-12(19)4-5-15/h6-7H,4-5,8H2,1-3H3. The lowest BCUT2D eigenvalue weighted by molar-refractivity contribution is 0.00845. The minimum Gasteiger partial charge on any atom is -0.377 e. The summed E-state index contributed by atoms with van der Waals surface area (Å²) in [4.78, 5) is 4.24. The summed E-state index contributed by atoms with van der Waals surface area (Å²) in [6.45, 7) is 4.24. The second-order valence-corrected chi connectivity index (χ2v) is 5.65. The quantitative estimate of drug-likeness (QED) is 0.790. The van der Waals surface area contributed by atoms with E-state index in [-0.39, 0.29) is 5.52 Å². The molecule has 0 saturated carbocycles. The minimum absolute atomic E-state index is 0.165. The van der Waals surface area contributed by atoms with Crippen molar-refractivity contribution >= 4 is 22.6 Å². The van der Waals surface area contributed by atoms with Crippen LogP contribution in [0.25, 0.3) is 11.0 Å². The predicted molar refractivity (Wildman–Crippen MR) is 75.2 cm³/mol. The highest BCUT2D eigenvalue weighted by atomic mass is 35.5. The maximum absolute atomic E-state index is 13.8. The molecule has 0 saturated heterocycles. The van der Waals surface area contributed by atoms with Gasteiger partial charge in [0.2, 0.25) is 0 Å². The number of hydrogen-bond acceptors (Lipinski definition) is 2. The van der Waals surface area contributed by atoms with Gasteiger partial charge < -0.3 is 9.30 Å². The maximum atomic E-state index is 13.8. The van der Waals surface area contributed by atoms with Crippen LogP contribution in [0.15, 0.2) is 12.1 Å². The summed E-state index contributed by atoms with van der Waals surface area (Å²) in [5.74, 6) is -0.292. The van der Waals surface area contributed by atoms with Gasteiger partial charge in [0.15, 0.2) is 5.82 Å². The zero-order chi connectivity index (χ0) is 14.9. The van der Waals surface area contributed by atoms with Crippen LogP contribution in [0, 0.1) is 11.6 Å². The first kappa shape index (κ1) is 15.2. The van der Waals surface area contributed by atoms with Gasteiger partial charge in [0.25, 0.3) is 0 Å². The van der Waals surface area contributed by atoms with E-state index in [2.05, 4.69) is 4.98 Å². The number of methoxy groups -OCH3 is 1. The van der Waals surface area contributed by atoms with Crippen LogP contribution in [0.1, 0.15) is 19.7 Å². The lowest BCUT2D eigenvalue weighted by Gasteiger charge is -2.24. The van der Waals surface area contributed by atoms with E-state index >= 15 is 0 Å². The van der Waals surface area contributed by atoms with Crippen LogP contribution in [-0.2, 0) is 17.7 Å². The zero-order valence-electron chi connectivity index (χ0n) is 11.7. The molecule has 0 aliphatic carbocycles. The maximum Gasteiger partial charge on any atom is 0.153 e. The van der Waals surface area contributed by atoms with Crippen molar-refractivity contribution in [1.29, 1.82) is 0 Å². The van der Waals surface area contributed by atoms with Crippen LogP contribution in [-0.4, -0.2) is 28.1 Å². The van der Waals surface area contributed by atoms with Crippen molar-refractivity contribution in [2.45, 2.75) is 32.4 Å². The Kier molecular flexibility index (Phi) is 4.30. The molecule has 0 N–H and O–H groups in total. The highest BCUT2D eigenvalue weighted by molar-refractivity contribution is 6.17. The fourth-order valence-corrected chi connectivity index (χ4v) is 2.26. The van der Waals surface area contributed by atoms with Crippen molar-refractivity contribution in [2.24, 2.45) is 0 Å². The van der Waals surface area contributed by atoms with Crippen LogP contribution >= 0.6 is 11.6 Å². The van der Waals surface area contributed by atoms with E-state index in [1.54, 1.807) is 11.7 Å². The van der Waals surface area contributed by atoms with E-state index < -0.39 is 17.2 Å². The Morgan fingerprint density at radius 3 is 2.65 bits per heavy atom. The number of ether oxygens (including phenoxy) is 1. The Balaban J connectivity index is 2.61. The fourth-order valence-electron chi connectivity index (χ4n) is 2.09. The van der Waals surface area contributed by atoms with Crippen molar-refractivity contribution in [2.75, 3.05) is 13.0 Å². The SMILES string of the molecule is COC(C)(C)Cn1c(CCCl)nc2c(F)cc(F)cc21. The van der Waals surface area contributed by atoms with Crippen LogP contribution in [0.4, 0.5) is 8.78 Å². The highest BCUT2D eigenvalue weighted by Gasteiger charge is 2.22. The number of fused-ring (bicyclic) bond motifs is 1. The Morgan fingerprint density at radius 1 is 1.35 bits per heavy atom. The molecule has 0 aliphatic heterocycles. The minimum atomic E-state index is -0.662. The molecule has 20 heavy (non-hydrogen) atoms. The van der Waals surface area contributed by atoms with Crippen LogP contribution in [0.5, 0.6) is 0 Å². The topological polar surface area (TPSA) is 27.1 Å². The van der Waals surface area contributed by atoms with Gasteiger partial charge in [0.1, 0.15) is 17.2 Å². The molecule has 0 aliphatic rings. The summed E-state index contributed by atoms with van der Waals surface area (Å²) in [5.41, 5.74) is 0.114. The van der Waals surface area contributed by atoms with E-state index in [4.69, 9.17) is 16.3 Å². The van der Waals surface area contributed by atoms with Gasteiger partial charge in [0, 0.05) is 25.5 Å². The Hall–Kier alpha value is -1.20. The number of aromatic nitrogens is 2. The van der Waals surface area contributed by atoms with E-state index in [1.807, 2.05) is 13.8 Å². The molecule has 110 valence electrons. The molecule has 1 aromatic carbocycles. The number of halogens is 3. The van der Waals surface area contributed by atoms with Gasteiger partial charge in [-0.25, -0.2) is 13.8 Å². The number of hydrogen-bond donors (Lipinski definition) is 0. The number of rotatable bonds is 5. The van der Waals surface area contributed by atoms with E-state index in [1.165, 1.54) is 6.07 Å². The van der Waals surface area contributed by atoms with Crippen LogP contribution in [0.2, 0.25) is 0 Å². The van der Waals surface area contributed by atoms with Gasteiger partial charge in [0.05, 0.1) is 17.7 Å². The van der Waals surface area contributed by atoms with Gasteiger partial charge in [-0.2, -0.15) is 0 Å². The molecule has 0 atom stereocenters. The lowest BCUT2D eigenvalue weighted by Crippen LogP contribution is -2.30. The Labute approximate surface area is 121 Å². The molecule has 1 aromatic heterocycles. The highest BCUT2D eigenvalue weighted by Crippen LogP contribution is 2.24. The summed E-state index contributed by atoms with van der Waals surface area (Å²) in [5, 5.41) is 0. The molecule has 0 amide bonds. The van der Waals surface area contributed by atoms with Gasteiger partial charge in [-0.05, 0) is 19.9 Å². The van der Waals surface area contributed by atoms with Gasteiger partial charge in [-0.1, -0.05) is 0 Å². The third-order valence-electron chi connectivity index (χ3n) is 3.26. The Bertz CT molecular complexity index is 625. The molecule has 0 fully saturated rings. The van der Waals surface area contributed by atoms with Crippen molar-refractivity contribution < 1.29 is 13.5 Å². The molecule has 0 spiro atoms. The van der Waals surface area contributed by atoms with Gasteiger partial charge >= 0.3 is 0 Å². The first-order valence-electron chi connectivity index (χ1n) is 6.33. The lowest BCUT2D eigenvalue weighted by atomic mass is 10.1. The normalized spacial score (nSPS) is 12.3. The molecule has 0 radical (unpaired) electrons. The molecular weight excluding hydrogens is 286 g/mol. The summed E-state index contributed by atoms with van der Waals surface area (Å²) in [6.07, 6.45) is 0.483. The molecule has 2 aromatic rings. The molecule has 6 heteroatoms. The molecule has 0 unspecified atom stereocenters. The first-order chi connectivity index (χ1) is 9.38. The van der Waals surface area contributed by atoms with Crippen molar-refractivity contribution in [3.8, 4) is 0 Å². The first-order valence-corrected chi connectivity index (χ1v) is 6.86. The summed E-state index contributed by atoms with van der Waals surface area (Å²) >= 11 is 5.76. The summed E-state index contributed by atoms with van der Waals surface area (Å²) < 4.78 is 34.4. The second kappa shape index (κ2) is 5.66. The molecule has 2 rings (SSSR count).